The normalized spacial score (nSPS) is 17.5. The maximum absolute atomic E-state index is 5.80. The molecule has 0 radical (unpaired) electrons. The zero-order valence-electron chi connectivity index (χ0n) is 7.55. The highest BCUT2D eigenvalue weighted by Gasteiger charge is 2.14. The van der Waals surface area contributed by atoms with E-state index in [4.69, 9.17) is 15.9 Å². The predicted molar refractivity (Wildman–Crippen MR) is 51.2 cm³/mol. The fourth-order valence-electron chi connectivity index (χ4n) is 1.01. The van der Waals surface area contributed by atoms with E-state index in [-0.39, 0.29) is 6.04 Å². The van der Waals surface area contributed by atoms with Crippen molar-refractivity contribution in [3.05, 3.63) is 0 Å². The Hall–Kier alpha value is 0.0969. The molecule has 0 spiro atoms. The van der Waals surface area contributed by atoms with Gasteiger partial charge in [0.25, 0.3) is 0 Å². The number of rotatable bonds is 6. The Bertz CT molecular complexity index is 92.5. The summed E-state index contributed by atoms with van der Waals surface area (Å²) in [6.07, 6.45) is 1.10. The van der Waals surface area contributed by atoms with Crippen molar-refractivity contribution in [2.75, 3.05) is 13.2 Å². The maximum Gasteiger partial charge on any atom is 0.166 e. The van der Waals surface area contributed by atoms with Gasteiger partial charge in [0.05, 0.1) is 0 Å². The third-order valence-electron chi connectivity index (χ3n) is 1.94. The molecule has 0 aliphatic heterocycles. The summed E-state index contributed by atoms with van der Waals surface area (Å²) in [7, 11) is -0.438. The first-order chi connectivity index (χ1) is 5.26. The average Bonchev–Trinajstić information content (AvgIpc) is 2.05. The van der Waals surface area contributed by atoms with E-state index in [1.54, 1.807) is 0 Å². The van der Waals surface area contributed by atoms with Crippen LogP contribution in [0.5, 0.6) is 0 Å². The summed E-state index contributed by atoms with van der Waals surface area (Å²) in [6, 6.07) is 0.151. The highest BCUT2D eigenvalue weighted by molar-refractivity contribution is 6.29. The second kappa shape index (κ2) is 6.79. The van der Waals surface area contributed by atoms with Gasteiger partial charge in [-0.25, -0.2) is 0 Å². The minimum atomic E-state index is -0.438. The third-order valence-corrected chi connectivity index (χ3v) is 4.19. The van der Waals surface area contributed by atoms with Crippen molar-refractivity contribution in [2.24, 2.45) is 11.5 Å². The molecule has 0 aromatic rings. The Morgan fingerprint density at radius 1 is 1.45 bits per heavy atom. The molecule has 0 aliphatic carbocycles. The maximum atomic E-state index is 5.80. The van der Waals surface area contributed by atoms with E-state index < -0.39 is 9.76 Å². The van der Waals surface area contributed by atoms with Gasteiger partial charge in [-0.2, -0.15) is 0 Å². The van der Waals surface area contributed by atoms with Crippen LogP contribution in [0.4, 0.5) is 0 Å². The zero-order chi connectivity index (χ0) is 8.69. The molecule has 4 heteroatoms. The first-order valence-electron chi connectivity index (χ1n) is 4.29. The predicted octanol–water partition coefficient (Wildman–Crippen LogP) is -0.409. The topological polar surface area (TPSA) is 61.3 Å². The molecule has 2 atom stereocenters. The summed E-state index contributed by atoms with van der Waals surface area (Å²) >= 11 is 0. The van der Waals surface area contributed by atoms with Crippen LogP contribution in [0.25, 0.3) is 0 Å². The summed E-state index contributed by atoms with van der Waals surface area (Å²) < 4.78 is 5.41. The van der Waals surface area contributed by atoms with E-state index in [1.165, 1.54) is 0 Å². The molecule has 3 nitrogen and oxygen atoms in total. The van der Waals surface area contributed by atoms with Gasteiger partial charge in [0.1, 0.15) is 0 Å². The lowest BCUT2D eigenvalue weighted by molar-refractivity contribution is 0.345. The number of nitrogens with two attached hydrogens (primary N) is 2. The summed E-state index contributed by atoms with van der Waals surface area (Å²) in [5, 5.41) is 0. The van der Waals surface area contributed by atoms with Gasteiger partial charge in [0.15, 0.2) is 9.76 Å². The summed E-state index contributed by atoms with van der Waals surface area (Å²) in [5.74, 6) is 0. The third kappa shape index (κ3) is 4.52. The van der Waals surface area contributed by atoms with E-state index in [1.807, 2.05) is 6.92 Å². The van der Waals surface area contributed by atoms with Crippen LogP contribution >= 0.6 is 0 Å². The molecule has 0 heterocycles. The van der Waals surface area contributed by atoms with Crippen LogP contribution in [0.15, 0.2) is 0 Å². The molecule has 68 valence electrons. The average molecular weight is 176 g/mol. The first kappa shape index (κ1) is 11.1. The molecule has 0 aliphatic rings. The lowest BCUT2D eigenvalue weighted by Crippen LogP contribution is -2.37. The molecule has 0 aromatic heterocycles. The molecule has 0 aromatic carbocycles. The van der Waals surface area contributed by atoms with Crippen molar-refractivity contribution in [1.29, 1.82) is 0 Å². The highest BCUT2D eigenvalue weighted by atomic mass is 28.2. The fraction of sp³-hybridized carbons (Fsp3) is 1.00. The van der Waals surface area contributed by atoms with E-state index in [0.29, 0.717) is 12.1 Å². The van der Waals surface area contributed by atoms with Crippen molar-refractivity contribution in [2.45, 2.75) is 31.9 Å². The van der Waals surface area contributed by atoms with E-state index >= 15 is 0 Å². The largest absolute Gasteiger partial charge is 0.424 e. The van der Waals surface area contributed by atoms with E-state index in [2.05, 4.69) is 6.92 Å². The molecule has 2 unspecified atom stereocenters. The zero-order valence-corrected chi connectivity index (χ0v) is 8.96. The molecular weight excluding hydrogens is 156 g/mol. The van der Waals surface area contributed by atoms with Gasteiger partial charge >= 0.3 is 0 Å². The van der Waals surface area contributed by atoms with Crippen LogP contribution < -0.4 is 11.5 Å². The lowest BCUT2D eigenvalue weighted by Gasteiger charge is -2.19. The molecule has 0 fully saturated rings. The molecule has 4 N–H and O–H groups in total. The lowest BCUT2D eigenvalue weighted by atomic mass is 10.2. The Morgan fingerprint density at radius 2 is 2.09 bits per heavy atom. The second-order valence-corrected chi connectivity index (χ2v) is 4.52. The van der Waals surface area contributed by atoms with Crippen molar-refractivity contribution >= 4 is 9.76 Å². The highest BCUT2D eigenvalue weighted by Crippen LogP contribution is 2.11. The number of hydrogen-bond acceptors (Lipinski definition) is 3. The van der Waals surface area contributed by atoms with Crippen LogP contribution in [0.1, 0.15) is 20.3 Å². The van der Waals surface area contributed by atoms with Crippen LogP contribution in [0, 0.1) is 0 Å². The van der Waals surface area contributed by atoms with Crippen LogP contribution in [0.3, 0.4) is 0 Å². The minimum absolute atomic E-state index is 0.151. The quantitative estimate of drug-likeness (QED) is 0.541. The molecule has 0 bridgehead atoms. The molecule has 0 saturated carbocycles. The van der Waals surface area contributed by atoms with Gasteiger partial charge < -0.3 is 15.9 Å². The fourth-order valence-corrected chi connectivity index (χ4v) is 2.22. The van der Waals surface area contributed by atoms with Gasteiger partial charge in [0, 0.05) is 19.2 Å². The van der Waals surface area contributed by atoms with E-state index in [0.717, 1.165) is 13.0 Å². The number of hydrogen-bond donors (Lipinski definition) is 2. The summed E-state index contributed by atoms with van der Waals surface area (Å²) in [6.45, 7) is 5.57. The second-order valence-electron chi connectivity index (χ2n) is 2.73. The molecular formula is C7H20N2OSi. The van der Waals surface area contributed by atoms with E-state index in [9.17, 15) is 0 Å². The van der Waals surface area contributed by atoms with Crippen molar-refractivity contribution in [3.8, 4) is 0 Å². The monoisotopic (exact) mass is 176 g/mol. The van der Waals surface area contributed by atoms with Crippen LogP contribution in [0.2, 0.25) is 5.54 Å². The molecule has 0 rings (SSSR count). The standard InChI is InChI=1S/C7H20N2OSi/c1-3-7(6(9)5-8)11-10-4-2/h6-7H,3-5,8-9,11H2,1-2H3. The SMILES string of the molecule is CCO[SiH2]C(CC)C(N)CN. The van der Waals surface area contributed by atoms with Crippen molar-refractivity contribution < 1.29 is 4.43 Å². The van der Waals surface area contributed by atoms with Gasteiger partial charge in [-0.05, 0) is 12.5 Å². The smallest absolute Gasteiger partial charge is 0.166 e. The first-order valence-corrected chi connectivity index (χ1v) is 5.69. The van der Waals surface area contributed by atoms with Gasteiger partial charge in [0.2, 0.25) is 0 Å². The van der Waals surface area contributed by atoms with Crippen LogP contribution in [-0.4, -0.2) is 29.0 Å². The summed E-state index contributed by atoms with van der Waals surface area (Å²) in [5.41, 5.74) is 11.8. The molecule has 11 heavy (non-hydrogen) atoms. The van der Waals surface area contributed by atoms with Crippen LogP contribution in [-0.2, 0) is 4.43 Å². The van der Waals surface area contributed by atoms with Crippen molar-refractivity contribution in [1.82, 2.24) is 0 Å². The minimum Gasteiger partial charge on any atom is -0.424 e. The summed E-state index contributed by atoms with van der Waals surface area (Å²) in [4.78, 5) is 0. The Balaban J connectivity index is 3.56. The van der Waals surface area contributed by atoms with Gasteiger partial charge in [-0.1, -0.05) is 13.3 Å². The molecule has 0 amide bonds. The van der Waals surface area contributed by atoms with Crippen molar-refractivity contribution in [3.63, 3.8) is 0 Å². The molecule has 0 saturated heterocycles. The Kier molecular flexibility index (Phi) is 6.85. The Morgan fingerprint density at radius 3 is 2.45 bits per heavy atom. The van der Waals surface area contributed by atoms with Gasteiger partial charge in [-0.15, -0.1) is 0 Å². The Labute approximate surface area is 71.4 Å². The van der Waals surface area contributed by atoms with Gasteiger partial charge in [-0.3, -0.25) is 0 Å².